The quantitative estimate of drug-likeness (QED) is 0.835. The molecule has 1 aliphatic carbocycles. The lowest BCUT2D eigenvalue weighted by Crippen LogP contribution is -2.70. The minimum absolute atomic E-state index is 0.0115. The maximum atomic E-state index is 11.4. The van der Waals surface area contributed by atoms with Crippen molar-refractivity contribution in [2.75, 3.05) is 0 Å². The van der Waals surface area contributed by atoms with Gasteiger partial charge in [0.25, 0.3) is 0 Å². The second kappa shape index (κ2) is 7.26. The Hall–Kier alpha value is -0.900. The number of aliphatic hydroxyl groups is 1. The normalized spacial score (nSPS) is 34.3. The Labute approximate surface area is 159 Å². The first-order valence-corrected chi connectivity index (χ1v) is 10.3. The van der Waals surface area contributed by atoms with Crippen LogP contribution in [0.25, 0.3) is 0 Å². The van der Waals surface area contributed by atoms with E-state index >= 15 is 0 Å². The van der Waals surface area contributed by atoms with Crippen LogP contribution in [-0.4, -0.2) is 33.5 Å². The van der Waals surface area contributed by atoms with Gasteiger partial charge in [-0.2, -0.15) is 0 Å². The first kappa shape index (κ1) is 19.9. The Balaban J connectivity index is 1.97. The summed E-state index contributed by atoms with van der Waals surface area (Å²) >= 11 is 0. The monoisotopic (exact) mass is 359 g/mol. The van der Waals surface area contributed by atoms with Gasteiger partial charge in [0, 0.05) is 18.0 Å². The summed E-state index contributed by atoms with van der Waals surface area (Å²) in [7, 11) is 0. The summed E-state index contributed by atoms with van der Waals surface area (Å²) in [6, 6.07) is 10.6. The van der Waals surface area contributed by atoms with Crippen molar-refractivity contribution in [2.24, 2.45) is 17.8 Å². The van der Waals surface area contributed by atoms with Crippen LogP contribution in [-0.2, 0) is 11.3 Å². The molecule has 1 aliphatic heterocycles. The molecular weight excluding hydrogens is 322 g/mol. The van der Waals surface area contributed by atoms with E-state index in [1.165, 1.54) is 18.4 Å². The molecule has 1 saturated heterocycles. The molecule has 3 nitrogen and oxygen atoms in total. The molecule has 1 aromatic carbocycles. The number of rotatable bonds is 4. The van der Waals surface area contributed by atoms with Crippen molar-refractivity contribution >= 4 is 0 Å². The van der Waals surface area contributed by atoms with Crippen LogP contribution in [0.3, 0.4) is 0 Å². The maximum absolute atomic E-state index is 11.4. The molecule has 0 bridgehead atoms. The summed E-state index contributed by atoms with van der Waals surface area (Å²) in [5.74, 6) is 1.35. The molecule has 0 spiro atoms. The van der Waals surface area contributed by atoms with Gasteiger partial charge in [0.2, 0.25) is 0 Å². The number of hydrogen-bond donors (Lipinski definition) is 1. The van der Waals surface area contributed by atoms with E-state index in [9.17, 15) is 5.11 Å². The molecule has 2 fully saturated rings. The van der Waals surface area contributed by atoms with E-state index in [1.54, 1.807) is 0 Å². The van der Waals surface area contributed by atoms with Crippen LogP contribution in [0, 0.1) is 17.8 Å². The third kappa shape index (κ3) is 3.58. The van der Waals surface area contributed by atoms with Crippen molar-refractivity contribution < 1.29 is 9.84 Å². The predicted octanol–water partition coefficient (Wildman–Crippen LogP) is 4.84. The van der Waals surface area contributed by atoms with Crippen LogP contribution in [0.4, 0.5) is 0 Å². The molecule has 0 radical (unpaired) electrons. The number of benzene rings is 1. The molecule has 2 aliphatic rings. The molecule has 1 N–H and O–H groups in total. The highest BCUT2D eigenvalue weighted by Crippen LogP contribution is 2.48. The topological polar surface area (TPSA) is 32.7 Å². The van der Waals surface area contributed by atoms with Crippen LogP contribution in [0.5, 0.6) is 0 Å². The fourth-order valence-corrected chi connectivity index (χ4v) is 4.85. The van der Waals surface area contributed by atoms with Crippen molar-refractivity contribution in [2.45, 2.75) is 90.8 Å². The van der Waals surface area contributed by atoms with E-state index in [2.05, 4.69) is 69.9 Å². The highest BCUT2D eigenvalue weighted by atomic mass is 16.5. The van der Waals surface area contributed by atoms with Crippen LogP contribution in [0.1, 0.15) is 66.4 Å². The van der Waals surface area contributed by atoms with Gasteiger partial charge in [-0.25, -0.2) is 0 Å². The Morgan fingerprint density at radius 2 is 1.88 bits per heavy atom. The van der Waals surface area contributed by atoms with Crippen LogP contribution < -0.4 is 0 Å². The summed E-state index contributed by atoms with van der Waals surface area (Å²) in [6.45, 7) is 14.0. The molecule has 0 aromatic heterocycles. The minimum atomic E-state index is -0.891. The third-order valence-electron chi connectivity index (χ3n) is 7.15. The molecule has 146 valence electrons. The van der Waals surface area contributed by atoms with Gasteiger partial charge in [-0.05, 0) is 51.0 Å². The first-order chi connectivity index (χ1) is 12.1. The fraction of sp³-hybridized carbons (Fsp3) is 0.739. The molecular formula is C23H37NO2. The molecule has 1 heterocycles. The Morgan fingerprint density at radius 1 is 1.23 bits per heavy atom. The smallest absolute Gasteiger partial charge is 0.140 e. The first-order valence-electron chi connectivity index (χ1n) is 10.3. The highest BCUT2D eigenvalue weighted by molar-refractivity contribution is 5.16. The van der Waals surface area contributed by atoms with E-state index in [4.69, 9.17) is 4.74 Å². The van der Waals surface area contributed by atoms with Gasteiger partial charge in [0.15, 0.2) is 0 Å². The second-order valence-corrected chi connectivity index (χ2v) is 9.70. The van der Waals surface area contributed by atoms with Gasteiger partial charge < -0.3 is 9.84 Å². The van der Waals surface area contributed by atoms with Crippen LogP contribution >= 0.6 is 0 Å². The summed E-state index contributed by atoms with van der Waals surface area (Å²) in [5.41, 5.74) is 0.372. The standard InChI is InChI=1S/C23H37NO2/c1-16(2)23(6,25)21-24(15-18-10-8-7-9-11-18)22(4,5)19-13-12-17(3)14-20(19)26-21/h7-11,16-17,19-21,25H,12-15H2,1-6H3/t17-,19-,20-,21+,23-/m1/s1. The minimum Gasteiger partial charge on any atom is -0.386 e. The van der Waals surface area contributed by atoms with E-state index in [0.717, 1.165) is 13.0 Å². The van der Waals surface area contributed by atoms with E-state index in [1.807, 2.05) is 6.92 Å². The van der Waals surface area contributed by atoms with Crippen molar-refractivity contribution in [1.82, 2.24) is 4.90 Å². The van der Waals surface area contributed by atoms with Gasteiger partial charge >= 0.3 is 0 Å². The highest BCUT2D eigenvalue weighted by Gasteiger charge is 2.55. The molecule has 3 heteroatoms. The number of hydrogen-bond acceptors (Lipinski definition) is 3. The molecule has 5 atom stereocenters. The van der Waals surface area contributed by atoms with Gasteiger partial charge in [-0.15, -0.1) is 0 Å². The zero-order valence-electron chi connectivity index (χ0n) is 17.4. The molecule has 1 aromatic rings. The van der Waals surface area contributed by atoms with Gasteiger partial charge in [0.05, 0.1) is 6.10 Å². The maximum Gasteiger partial charge on any atom is 0.140 e. The van der Waals surface area contributed by atoms with Crippen molar-refractivity contribution in [1.29, 1.82) is 0 Å². The lowest BCUT2D eigenvalue weighted by atomic mass is 9.68. The molecule has 0 amide bonds. The average molecular weight is 360 g/mol. The predicted molar refractivity (Wildman–Crippen MR) is 107 cm³/mol. The van der Waals surface area contributed by atoms with Crippen molar-refractivity contribution in [3.05, 3.63) is 35.9 Å². The van der Waals surface area contributed by atoms with Crippen molar-refractivity contribution in [3.8, 4) is 0 Å². The summed E-state index contributed by atoms with van der Waals surface area (Å²) in [6.07, 6.45) is 3.55. The lowest BCUT2D eigenvalue weighted by molar-refractivity contribution is -0.293. The Kier molecular flexibility index (Phi) is 5.54. The largest absolute Gasteiger partial charge is 0.386 e. The number of fused-ring (bicyclic) bond motifs is 1. The molecule has 3 rings (SSSR count). The zero-order valence-corrected chi connectivity index (χ0v) is 17.4. The van der Waals surface area contributed by atoms with Crippen LogP contribution in [0.2, 0.25) is 0 Å². The van der Waals surface area contributed by atoms with Crippen LogP contribution in [0.15, 0.2) is 30.3 Å². The third-order valence-corrected chi connectivity index (χ3v) is 7.15. The van der Waals surface area contributed by atoms with E-state index in [0.29, 0.717) is 11.8 Å². The van der Waals surface area contributed by atoms with E-state index in [-0.39, 0.29) is 23.8 Å². The summed E-state index contributed by atoms with van der Waals surface area (Å²) in [4.78, 5) is 2.43. The second-order valence-electron chi connectivity index (χ2n) is 9.70. The lowest BCUT2D eigenvalue weighted by Gasteiger charge is -2.60. The number of nitrogens with zero attached hydrogens (tertiary/aromatic N) is 1. The summed E-state index contributed by atoms with van der Waals surface area (Å²) < 4.78 is 6.68. The summed E-state index contributed by atoms with van der Waals surface area (Å²) in [5, 5.41) is 11.4. The number of ether oxygens (including phenoxy) is 1. The molecule has 0 unspecified atom stereocenters. The molecule has 1 saturated carbocycles. The SMILES string of the molecule is CC(C)[C@@](C)(O)[C@@H]1O[C@@H]2C[C@H](C)CC[C@H]2C(C)(C)N1Cc1ccccc1. The molecule has 26 heavy (non-hydrogen) atoms. The van der Waals surface area contributed by atoms with Crippen molar-refractivity contribution in [3.63, 3.8) is 0 Å². The van der Waals surface area contributed by atoms with E-state index < -0.39 is 5.60 Å². The average Bonchev–Trinajstić information content (AvgIpc) is 2.57. The Bertz CT molecular complexity index is 595. The fourth-order valence-electron chi connectivity index (χ4n) is 4.85. The Morgan fingerprint density at radius 3 is 2.50 bits per heavy atom. The van der Waals surface area contributed by atoms with Gasteiger partial charge in [-0.1, -0.05) is 57.5 Å². The zero-order chi connectivity index (χ0) is 19.1. The van der Waals surface area contributed by atoms with Gasteiger partial charge in [0.1, 0.15) is 11.8 Å². The van der Waals surface area contributed by atoms with Gasteiger partial charge in [-0.3, -0.25) is 4.90 Å².